The van der Waals surface area contributed by atoms with Crippen LogP contribution in [0.5, 0.6) is 5.75 Å². The highest BCUT2D eigenvalue weighted by Gasteiger charge is 1.99. The number of nitrogens with one attached hydrogen (secondary N) is 1. The van der Waals surface area contributed by atoms with E-state index in [1.165, 1.54) is 0 Å². The molecule has 0 amide bonds. The van der Waals surface area contributed by atoms with Gasteiger partial charge in [-0.2, -0.15) is 0 Å². The minimum absolute atomic E-state index is 0.706. The Morgan fingerprint density at radius 3 is 2.88 bits per heavy atom. The molecule has 0 saturated carbocycles. The highest BCUT2D eigenvalue weighted by molar-refractivity contribution is 7.09. The number of thiazole rings is 1. The Morgan fingerprint density at radius 2 is 2.31 bits per heavy atom. The van der Waals surface area contributed by atoms with Crippen LogP contribution in [-0.2, 0) is 6.54 Å². The zero-order chi connectivity index (χ0) is 11.4. The molecule has 0 radical (unpaired) electrons. The van der Waals surface area contributed by atoms with Gasteiger partial charge in [0.05, 0.1) is 19.9 Å². The van der Waals surface area contributed by atoms with Crippen LogP contribution in [0.4, 0.5) is 5.82 Å². The predicted molar refractivity (Wildman–Crippen MR) is 65.0 cm³/mol. The van der Waals surface area contributed by atoms with Gasteiger partial charge in [0.15, 0.2) is 0 Å². The Kier molecular flexibility index (Phi) is 3.36. The second kappa shape index (κ2) is 4.94. The van der Waals surface area contributed by atoms with E-state index >= 15 is 0 Å². The number of nitrogens with zero attached hydrogens (tertiary/aromatic N) is 2. The molecule has 4 nitrogen and oxygen atoms in total. The van der Waals surface area contributed by atoms with Crippen LogP contribution in [0.1, 0.15) is 10.7 Å². The molecule has 2 aromatic heterocycles. The molecular formula is C11H13N3OS. The molecule has 2 heterocycles. The minimum Gasteiger partial charge on any atom is -0.495 e. The smallest absolute Gasteiger partial charge is 0.137 e. The van der Waals surface area contributed by atoms with Gasteiger partial charge in [-0.25, -0.2) is 9.97 Å². The highest BCUT2D eigenvalue weighted by atomic mass is 32.1. The zero-order valence-corrected chi connectivity index (χ0v) is 10.0. The molecule has 2 rings (SSSR count). The van der Waals surface area contributed by atoms with Crippen LogP contribution in [-0.4, -0.2) is 17.1 Å². The van der Waals surface area contributed by atoms with Crippen molar-refractivity contribution in [2.75, 3.05) is 12.4 Å². The monoisotopic (exact) mass is 235 g/mol. The summed E-state index contributed by atoms with van der Waals surface area (Å²) in [6.07, 6.45) is 1.69. The lowest BCUT2D eigenvalue weighted by Gasteiger charge is -2.04. The third-order valence-corrected chi connectivity index (χ3v) is 3.03. The Hall–Kier alpha value is -1.62. The van der Waals surface area contributed by atoms with Crippen molar-refractivity contribution in [3.8, 4) is 5.75 Å². The van der Waals surface area contributed by atoms with Gasteiger partial charge in [0, 0.05) is 11.1 Å². The van der Waals surface area contributed by atoms with Crippen LogP contribution in [0, 0.1) is 6.92 Å². The fourth-order valence-corrected chi connectivity index (χ4v) is 1.97. The van der Waals surface area contributed by atoms with Gasteiger partial charge >= 0.3 is 0 Å². The summed E-state index contributed by atoms with van der Waals surface area (Å²) in [7, 11) is 1.63. The van der Waals surface area contributed by atoms with Crippen molar-refractivity contribution in [3.05, 3.63) is 34.4 Å². The third kappa shape index (κ3) is 2.70. The number of rotatable bonds is 4. The van der Waals surface area contributed by atoms with Gasteiger partial charge in [-0.3, -0.25) is 0 Å². The van der Waals surface area contributed by atoms with Crippen molar-refractivity contribution in [2.45, 2.75) is 13.5 Å². The van der Waals surface area contributed by atoms with E-state index in [1.54, 1.807) is 24.6 Å². The lowest BCUT2D eigenvalue weighted by Crippen LogP contribution is -2.00. The van der Waals surface area contributed by atoms with Crippen LogP contribution in [0.2, 0.25) is 0 Å². The predicted octanol–water partition coefficient (Wildman–Crippen LogP) is 2.47. The first-order valence-corrected chi connectivity index (χ1v) is 5.81. The number of anilines is 1. The van der Waals surface area contributed by atoms with Crippen LogP contribution < -0.4 is 10.1 Å². The molecule has 0 unspecified atom stereocenters. The van der Waals surface area contributed by atoms with Gasteiger partial charge in [-0.15, -0.1) is 11.3 Å². The molecule has 84 valence electrons. The van der Waals surface area contributed by atoms with Crippen molar-refractivity contribution in [1.82, 2.24) is 9.97 Å². The molecule has 0 fully saturated rings. The third-order valence-electron chi connectivity index (χ3n) is 2.06. The Bertz CT molecular complexity index is 453. The summed E-state index contributed by atoms with van der Waals surface area (Å²) in [6, 6.07) is 3.77. The number of hydrogen-bond acceptors (Lipinski definition) is 5. The average Bonchev–Trinajstić information content (AvgIpc) is 2.73. The Labute approximate surface area is 98.3 Å². The first-order valence-electron chi connectivity index (χ1n) is 4.93. The number of ether oxygens (including phenoxy) is 1. The molecule has 0 aliphatic rings. The first-order chi connectivity index (χ1) is 7.78. The van der Waals surface area contributed by atoms with Crippen LogP contribution in [0.15, 0.2) is 23.7 Å². The van der Waals surface area contributed by atoms with Crippen molar-refractivity contribution < 1.29 is 4.74 Å². The van der Waals surface area contributed by atoms with Gasteiger partial charge in [-0.1, -0.05) is 0 Å². The molecule has 0 saturated heterocycles. The second-order valence-electron chi connectivity index (χ2n) is 3.32. The fourth-order valence-electron chi connectivity index (χ4n) is 1.26. The van der Waals surface area contributed by atoms with E-state index in [-0.39, 0.29) is 0 Å². The van der Waals surface area contributed by atoms with Crippen molar-refractivity contribution in [3.63, 3.8) is 0 Å². The van der Waals surface area contributed by atoms with Crippen LogP contribution >= 0.6 is 11.3 Å². The average molecular weight is 235 g/mol. The maximum absolute atomic E-state index is 5.03. The van der Waals surface area contributed by atoms with E-state index in [0.717, 1.165) is 22.3 Å². The van der Waals surface area contributed by atoms with Gasteiger partial charge in [0.2, 0.25) is 0 Å². The molecule has 5 heteroatoms. The molecule has 0 aromatic carbocycles. The van der Waals surface area contributed by atoms with Gasteiger partial charge < -0.3 is 10.1 Å². The molecular weight excluding hydrogens is 222 g/mol. The Balaban J connectivity index is 1.94. The van der Waals surface area contributed by atoms with Crippen LogP contribution in [0.3, 0.4) is 0 Å². The molecule has 1 N–H and O–H groups in total. The maximum atomic E-state index is 5.03. The topological polar surface area (TPSA) is 47.0 Å². The molecule has 0 bridgehead atoms. The maximum Gasteiger partial charge on any atom is 0.137 e. The summed E-state index contributed by atoms with van der Waals surface area (Å²) in [4.78, 5) is 8.58. The van der Waals surface area contributed by atoms with E-state index < -0.39 is 0 Å². The van der Waals surface area contributed by atoms with E-state index in [1.807, 2.05) is 24.4 Å². The largest absolute Gasteiger partial charge is 0.495 e. The van der Waals surface area contributed by atoms with Crippen molar-refractivity contribution in [2.24, 2.45) is 0 Å². The summed E-state index contributed by atoms with van der Waals surface area (Å²) < 4.78 is 5.03. The van der Waals surface area contributed by atoms with E-state index in [9.17, 15) is 0 Å². The van der Waals surface area contributed by atoms with Crippen LogP contribution in [0.25, 0.3) is 0 Å². The minimum atomic E-state index is 0.706. The summed E-state index contributed by atoms with van der Waals surface area (Å²) >= 11 is 1.65. The lowest BCUT2D eigenvalue weighted by molar-refractivity contribution is 0.413. The second-order valence-corrected chi connectivity index (χ2v) is 4.26. The van der Waals surface area contributed by atoms with Gasteiger partial charge in [0.25, 0.3) is 0 Å². The number of aryl methyl sites for hydroxylation is 1. The summed E-state index contributed by atoms with van der Waals surface area (Å²) in [5.41, 5.74) is 1.06. The molecule has 0 aliphatic carbocycles. The summed E-state index contributed by atoms with van der Waals surface area (Å²) in [5, 5.41) is 6.31. The molecule has 0 aliphatic heterocycles. The SMILES string of the molecule is COc1ccc(NCc2nc(C)cs2)nc1. The number of methoxy groups -OCH3 is 1. The van der Waals surface area contributed by atoms with Gasteiger partial charge in [-0.05, 0) is 19.1 Å². The fraction of sp³-hybridized carbons (Fsp3) is 0.273. The number of aromatic nitrogens is 2. The van der Waals surface area contributed by atoms with Crippen molar-refractivity contribution >= 4 is 17.2 Å². The normalized spacial score (nSPS) is 10.1. The lowest BCUT2D eigenvalue weighted by atomic mass is 10.4. The molecule has 2 aromatic rings. The Morgan fingerprint density at radius 1 is 1.44 bits per heavy atom. The highest BCUT2D eigenvalue weighted by Crippen LogP contribution is 2.13. The summed E-state index contributed by atoms with van der Waals surface area (Å²) in [6.45, 7) is 2.70. The van der Waals surface area contributed by atoms with E-state index in [2.05, 4.69) is 15.3 Å². The van der Waals surface area contributed by atoms with E-state index in [4.69, 9.17) is 4.74 Å². The zero-order valence-electron chi connectivity index (χ0n) is 9.23. The summed E-state index contributed by atoms with van der Waals surface area (Å²) in [5.74, 6) is 1.59. The van der Waals surface area contributed by atoms with Crippen molar-refractivity contribution in [1.29, 1.82) is 0 Å². The molecule has 16 heavy (non-hydrogen) atoms. The van der Waals surface area contributed by atoms with E-state index in [0.29, 0.717) is 6.54 Å². The molecule has 0 atom stereocenters. The quantitative estimate of drug-likeness (QED) is 0.884. The number of hydrogen-bond donors (Lipinski definition) is 1. The number of pyridine rings is 1. The van der Waals surface area contributed by atoms with Gasteiger partial charge in [0.1, 0.15) is 16.6 Å². The first kappa shape index (κ1) is 10.9. The standard InChI is InChI=1S/C11H13N3OS/c1-8-7-16-11(14-8)6-13-10-4-3-9(15-2)5-12-10/h3-5,7H,6H2,1-2H3,(H,12,13). The molecule has 0 spiro atoms.